The Bertz CT molecular complexity index is 426. The standard InChI is InChI=1S/C20H36N4O2/c1-15(19(25)23-17-9-5-3-6-10-17)13-21-22-14-16(2)20(26)24-18-11-7-4-8-12-18/h15-18H,3-14H2,1-2H3,(H,23,25)(H,24,26). The van der Waals surface area contributed by atoms with Gasteiger partial charge in [0, 0.05) is 12.1 Å². The van der Waals surface area contributed by atoms with Gasteiger partial charge in [0.2, 0.25) is 11.8 Å². The van der Waals surface area contributed by atoms with Gasteiger partial charge in [0.05, 0.1) is 24.9 Å². The number of nitrogens with zero attached hydrogens (tertiary/aromatic N) is 2. The summed E-state index contributed by atoms with van der Waals surface area (Å²) in [6.45, 7) is 4.54. The van der Waals surface area contributed by atoms with Gasteiger partial charge in [0.1, 0.15) is 0 Å². The molecular formula is C20H36N4O2. The summed E-state index contributed by atoms with van der Waals surface area (Å²) in [7, 11) is 0. The molecule has 0 spiro atoms. The number of hydrogen-bond acceptors (Lipinski definition) is 4. The summed E-state index contributed by atoms with van der Waals surface area (Å²) >= 11 is 0. The van der Waals surface area contributed by atoms with Crippen molar-refractivity contribution in [3.63, 3.8) is 0 Å². The van der Waals surface area contributed by atoms with E-state index in [9.17, 15) is 9.59 Å². The Morgan fingerprint density at radius 3 is 1.42 bits per heavy atom. The van der Waals surface area contributed by atoms with Crippen LogP contribution in [0.4, 0.5) is 0 Å². The molecule has 6 nitrogen and oxygen atoms in total. The van der Waals surface area contributed by atoms with Crippen molar-refractivity contribution >= 4 is 11.8 Å². The van der Waals surface area contributed by atoms with Gasteiger partial charge in [-0.2, -0.15) is 10.2 Å². The van der Waals surface area contributed by atoms with Crippen molar-refractivity contribution in [1.29, 1.82) is 0 Å². The number of nitrogens with one attached hydrogen (secondary N) is 2. The molecule has 2 rings (SSSR count). The summed E-state index contributed by atoms with van der Waals surface area (Å²) in [6.07, 6.45) is 11.8. The molecule has 0 aromatic rings. The van der Waals surface area contributed by atoms with Gasteiger partial charge < -0.3 is 10.6 Å². The number of carbonyl (C=O) groups is 2. The van der Waals surface area contributed by atoms with Gasteiger partial charge >= 0.3 is 0 Å². The van der Waals surface area contributed by atoms with Crippen molar-refractivity contribution < 1.29 is 9.59 Å². The van der Waals surface area contributed by atoms with Crippen molar-refractivity contribution in [3.8, 4) is 0 Å². The zero-order valence-electron chi connectivity index (χ0n) is 16.5. The predicted molar refractivity (Wildman–Crippen MR) is 103 cm³/mol. The Balaban J connectivity index is 1.61. The van der Waals surface area contributed by atoms with E-state index < -0.39 is 0 Å². The molecule has 6 heteroatoms. The van der Waals surface area contributed by atoms with E-state index in [4.69, 9.17) is 0 Å². The quantitative estimate of drug-likeness (QED) is 0.645. The molecule has 0 heterocycles. The lowest BCUT2D eigenvalue weighted by molar-refractivity contribution is -0.126. The smallest absolute Gasteiger partial charge is 0.224 e. The van der Waals surface area contributed by atoms with Crippen molar-refractivity contribution in [2.24, 2.45) is 22.1 Å². The highest BCUT2D eigenvalue weighted by Gasteiger charge is 2.20. The van der Waals surface area contributed by atoms with Crippen LogP contribution in [0.1, 0.15) is 78.1 Å². The Kier molecular flexibility index (Phi) is 9.06. The Morgan fingerprint density at radius 1 is 0.731 bits per heavy atom. The zero-order valence-corrected chi connectivity index (χ0v) is 16.5. The van der Waals surface area contributed by atoms with Crippen LogP contribution in [0.5, 0.6) is 0 Å². The number of hydrogen-bond donors (Lipinski definition) is 2. The minimum absolute atomic E-state index is 0.0685. The maximum Gasteiger partial charge on any atom is 0.224 e. The van der Waals surface area contributed by atoms with Crippen LogP contribution >= 0.6 is 0 Å². The molecule has 2 N–H and O–H groups in total. The zero-order chi connectivity index (χ0) is 18.8. The monoisotopic (exact) mass is 364 g/mol. The first-order valence-electron chi connectivity index (χ1n) is 10.5. The lowest BCUT2D eigenvalue weighted by Gasteiger charge is -2.24. The number of carbonyl (C=O) groups excluding carboxylic acids is 2. The van der Waals surface area contributed by atoms with E-state index in [0.29, 0.717) is 25.2 Å². The molecule has 26 heavy (non-hydrogen) atoms. The van der Waals surface area contributed by atoms with Crippen molar-refractivity contribution in [3.05, 3.63) is 0 Å². The first kappa shape index (κ1) is 20.8. The average Bonchev–Trinajstić information content (AvgIpc) is 2.66. The molecule has 0 saturated heterocycles. The fourth-order valence-corrected chi connectivity index (χ4v) is 3.71. The van der Waals surface area contributed by atoms with E-state index >= 15 is 0 Å². The van der Waals surface area contributed by atoms with Gasteiger partial charge in [0.25, 0.3) is 0 Å². The lowest BCUT2D eigenvalue weighted by Crippen LogP contribution is -2.40. The van der Waals surface area contributed by atoms with Crippen molar-refractivity contribution in [2.45, 2.75) is 90.1 Å². The summed E-state index contributed by atoms with van der Waals surface area (Å²) in [5, 5.41) is 14.5. The van der Waals surface area contributed by atoms with Crippen LogP contribution in [0.15, 0.2) is 10.2 Å². The molecule has 2 aliphatic rings. The second kappa shape index (κ2) is 11.3. The average molecular weight is 365 g/mol. The van der Waals surface area contributed by atoms with E-state index in [0.717, 1.165) is 25.7 Å². The third-order valence-electron chi connectivity index (χ3n) is 5.61. The second-order valence-electron chi connectivity index (χ2n) is 8.14. The SMILES string of the molecule is CC(CN=NCC(C)C(=O)NC1CCCCC1)C(=O)NC1CCCCC1. The highest BCUT2D eigenvalue weighted by atomic mass is 16.2. The first-order valence-corrected chi connectivity index (χ1v) is 10.5. The number of azo groups is 1. The fraction of sp³-hybridized carbons (Fsp3) is 0.900. The van der Waals surface area contributed by atoms with Crippen LogP contribution in [0.25, 0.3) is 0 Å². The van der Waals surface area contributed by atoms with Crippen molar-refractivity contribution in [1.82, 2.24) is 10.6 Å². The Hall–Kier alpha value is -1.46. The summed E-state index contributed by atoms with van der Waals surface area (Å²) < 4.78 is 0. The normalized spacial score (nSPS) is 22.1. The largest absolute Gasteiger partial charge is 0.353 e. The number of rotatable bonds is 8. The first-order chi connectivity index (χ1) is 12.6. The fourth-order valence-electron chi connectivity index (χ4n) is 3.71. The summed E-state index contributed by atoms with van der Waals surface area (Å²) in [5.41, 5.74) is 0. The van der Waals surface area contributed by atoms with Crippen LogP contribution < -0.4 is 10.6 Å². The van der Waals surface area contributed by atoms with E-state index in [1.54, 1.807) is 0 Å². The topological polar surface area (TPSA) is 82.9 Å². The molecule has 2 fully saturated rings. The molecule has 2 amide bonds. The van der Waals surface area contributed by atoms with E-state index in [1.807, 2.05) is 13.8 Å². The highest BCUT2D eigenvalue weighted by Crippen LogP contribution is 2.18. The maximum atomic E-state index is 12.2. The van der Waals surface area contributed by atoms with E-state index in [-0.39, 0.29) is 23.7 Å². The minimum Gasteiger partial charge on any atom is -0.353 e. The molecule has 2 unspecified atom stereocenters. The summed E-state index contributed by atoms with van der Waals surface area (Å²) in [6, 6.07) is 0.665. The van der Waals surface area contributed by atoms with Crippen LogP contribution in [0, 0.1) is 11.8 Å². The molecule has 148 valence electrons. The van der Waals surface area contributed by atoms with Gasteiger partial charge in [-0.05, 0) is 25.7 Å². The number of amides is 2. The molecule has 0 aromatic carbocycles. The molecule has 0 radical (unpaired) electrons. The Labute approximate surface area is 158 Å². The third kappa shape index (κ3) is 7.42. The van der Waals surface area contributed by atoms with Crippen molar-refractivity contribution in [2.75, 3.05) is 13.1 Å². The van der Waals surface area contributed by atoms with Crippen LogP contribution in [-0.4, -0.2) is 37.0 Å². The van der Waals surface area contributed by atoms with Gasteiger partial charge in [-0.15, -0.1) is 0 Å². The van der Waals surface area contributed by atoms with Crippen LogP contribution in [0.2, 0.25) is 0 Å². The Morgan fingerprint density at radius 2 is 1.08 bits per heavy atom. The maximum absolute atomic E-state index is 12.2. The minimum atomic E-state index is -0.174. The van der Waals surface area contributed by atoms with Gasteiger partial charge in [-0.25, -0.2) is 0 Å². The predicted octanol–water partition coefficient (Wildman–Crippen LogP) is 3.61. The molecule has 2 aliphatic carbocycles. The molecule has 2 saturated carbocycles. The van der Waals surface area contributed by atoms with Gasteiger partial charge in [-0.3, -0.25) is 9.59 Å². The molecule has 2 atom stereocenters. The van der Waals surface area contributed by atoms with Crippen LogP contribution in [0.3, 0.4) is 0 Å². The third-order valence-corrected chi connectivity index (χ3v) is 5.61. The van der Waals surface area contributed by atoms with Crippen LogP contribution in [-0.2, 0) is 9.59 Å². The molecule has 0 bridgehead atoms. The summed E-state index contributed by atoms with van der Waals surface area (Å²) in [4.78, 5) is 24.4. The highest BCUT2D eigenvalue weighted by molar-refractivity contribution is 5.79. The van der Waals surface area contributed by atoms with E-state index in [1.165, 1.54) is 38.5 Å². The van der Waals surface area contributed by atoms with Gasteiger partial charge in [-0.1, -0.05) is 52.4 Å². The lowest BCUT2D eigenvalue weighted by atomic mass is 9.95. The molecule has 0 aromatic heterocycles. The second-order valence-corrected chi connectivity index (χ2v) is 8.14. The van der Waals surface area contributed by atoms with E-state index in [2.05, 4.69) is 20.9 Å². The summed E-state index contributed by atoms with van der Waals surface area (Å²) in [5.74, 6) is -0.211. The molecule has 0 aliphatic heterocycles. The van der Waals surface area contributed by atoms with Gasteiger partial charge in [0.15, 0.2) is 0 Å². The molecular weight excluding hydrogens is 328 g/mol.